The number of rotatable bonds is 9. The number of hydrogen-bond acceptors (Lipinski definition) is 5. The van der Waals surface area contributed by atoms with E-state index in [1.54, 1.807) is 30.3 Å². The van der Waals surface area contributed by atoms with Crippen molar-refractivity contribution in [1.29, 1.82) is 5.26 Å². The molecule has 0 heterocycles. The molecule has 2 atom stereocenters. The zero-order valence-electron chi connectivity index (χ0n) is 21.4. The molecule has 2 unspecified atom stereocenters. The number of alkyl halides is 3. The summed E-state index contributed by atoms with van der Waals surface area (Å²) in [6.07, 6.45) is -4.33. The van der Waals surface area contributed by atoms with Crippen molar-refractivity contribution < 1.29 is 32.2 Å². The summed E-state index contributed by atoms with van der Waals surface area (Å²) in [6.45, 7) is 4.64. The quantitative estimate of drug-likeness (QED) is 0.300. The summed E-state index contributed by atoms with van der Waals surface area (Å²) in [5.74, 6) is -2.19. The molecule has 0 aliphatic heterocycles. The van der Waals surface area contributed by atoms with Crippen LogP contribution in [0, 0.1) is 11.3 Å². The number of nitrogens with one attached hydrogen (secondary N) is 1. The normalized spacial score (nSPS) is 13.1. The summed E-state index contributed by atoms with van der Waals surface area (Å²) in [6, 6.07) is 20.3. The van der Waals surface area contributed by atoms with Crippen molar-refractivity contribution in [2.24, 2.45) is 0 Å². The molecule has 0 fully saturated rings. The van der Waals surface area contributed by atoms with E-state index >= 15 is 0 Å². The van der Waals surface area contributed by atoms with Gasteiger partial charge in [-0.1, -0.05) is 35.9 Å². The van der Waals surface area contributed by atoms with Gasteiger partial charge < -0.3 is 14.8 Å². The number of ether oxygens (including phenoxy) is 2. The van der Waals surface area contributed by atoms with Crippen LogP contribution in [-0.2, 0) is 16.0 Å². The lowest BCUT2D eigenvalue weighted by atomic mass is 9.85. The van der Waals surface area contributed by atoms with Crippen LogP contribution in [0.15, 0.2) is 72.8 Å². The number of halogens is 4. The Bertz CT molecular complexity index is 1350. The minimum atomic E-state index is -4.86. The summed E-state index contributed by atoms with van der Waals surface area (Å²) in [4.78, 5) is 25.8. The van der Waals surface area contributed by atoms with Crippen LogP contribution < -0.4 is 10.1 Å². The molecule has 1 amide bonds. The zero-order chi connectivity index (χ0) is 28.8. The van der Waals surface area contributed by atoms with Crippen LogP contribution in [0.4, 0.5) is 13.2 Å². The molecule has 0 radical (unpaired) electrons. The number of hydrogen-bond donors (Lipinski definition) is 1. The highest BCUT2D eigenvalue weighted by atomic mass is 35.5. The van der Waals surface area contributed by atoms with Gasteiger partial charge in [0.15, 0.2) is 5.60 Å². The monoisotopic (exact) mass is 558 g/mol. The molecular formula is C29H26ClF3N2O4. The fourth-order valence-corrected chi connectivity index (χ4v) is 4.03. The van der Waals surface area contributed by atoms with Gasteiger partial charge in [-0.15, -0.1) is 13.2 Å². The Morgan fingerprint density at radius 1 is 1.03 bits per heavy atom. The maximum atomic E-state index is 13.2. The fourth-order valence-electron chi connectivity index (χ4n) is 3.91. The first-order valence-corrected chi connectivity index (χ1v) is 12.3. The molecule has 10 heteroatoms. The number of esters is 1. The Labute approximate surface area is 229 Å². The van der Waals surface area contributed by atoms with Crippen molar-refractivity contribution in [3.63, 3.8) is 0 Å². The van der Waals surface area contributed by atoms with E-state index in [9.17, 15) is 28.0 Å². The topological polar surface area (TPSA) is 88.4 Å². The zero-order valence-corrected chi connectivity index (χ0v) is 22.1. The summed E-state index contributed by atoms with van der Waals surface area (Å²) in [5, 5.41) is 12.9. The van der Waals surface area contributed by atoms with Gasteiger partial charge >= 0.3 is 12.3 Å². The highest BCUT2D eigenvalue weighted by molar-refractivity contribution is 6.30. The van der Waals surface area contributed by atoms with Gasteiger partial charge in [0.25, 0.3) is 5.91 Å². The molecule has 3 aromatic carbocycles. The first-order chi connectivity index (χ1) is 18.3. The second-order valence-corrected chi connectivity index (χ2v) is 9.84. The van der Waals surface area contributed by atoms with Gasteiger partial charge in [0.05, 0.1) is 17.2 Å². The summed E-state index contributed by atoms with van der Waals surface area (Å²) < 4.78 is 46.3. The molecule has 39 heavy (non-hydrogen) atoms. The Morgan fingerprint density at radius 3 is 2.26 bits per heavy atom. The lowest BCUT2D eigenvalue weighted by molar-refractivity contribution is -0.274. The van der Waals surface area contributed by atoms with Crippen LogP contribution in [0.3, 0.4) is 0 Å². The van der Waals surface area contributed by atoms with Crippen molar-refractivity contribution >= 4 is 23.5 Å². The molecule has 0 aliphatic carbocycles. The molecule has 0 saturated carbocycles. The lowest BCUT2D eigenvalue weighted by Crippen LogP contribution is -2.50. The number of carbonyl (C=O) groups excluding carboxylic acids is 2. The van der Waals surface area contributed by atoms with Gasteiger partial charge in [-0.05, 0) is 86.8 Å². The van der Waals surface area contributed by atoms with Crippen molar-refractivity contribution in [2.75, 3.05) is 0 Å². The number of amides is 1. The van der Waals surface area contributed by atoms with Crippen LogP contribution in [0.5, 0.6) is 5.75 Å². The Balaban J connectivity index is 1.74. The van der Waals surface area contributed by atoms with E-state index in [1.165, 1.54) is 13.8 Å². The molecule has 3 aromatic rings. The Morgan fingerprint density at radius 2 is 1.67 bits per heavy atom. The third kappa shape index (κ3) is 8.48. The summed E-state index contributed by atoms with van der Waals surface area (Å²) >= 11 is 6.02. The largest absolute Gasteiger partial charge is 0.573 e. The SMILES string of the molecule is CC(NC(=O)C(C)(C)OC(=O)c1ccc(OC(F)(F)F)cc1)C(Cc1ccc(Cl)cc1)c1cccc(C#N)c1. The van der Waals surface area contributed by atoms with Crippen LogP contribution >= 0.6 is 11.6 Å². The fraction of sp³-hybridized carbons (Fsp3) is 0.276. The van der Waals surface area contributed by atoms with Crippen LogP contribution in [0.2, 0.25) is 5.02 Å². The maximum Gasteiger partial charge on any atom is 0.573 e. The molecule has 1 N–H and O–H groups in total. The molecule has 6 nitrogen and oxygen atoms in total. The summed E-state index contributed by atoms with van der Waals surface area (Å²) in [5.41, 5.74) is 0.635. The average Bonchev–Trinajstić information content (AvgIpc) is 2.87. The summed E-state index contributed by atoms with van der Waals surface area (Å²) in [7, 11) is 0. The van der Waals surface area contributed by atoms with E-state index in [4.69, 9.17) is 16.3 Å². The Kier molecular flexibility index (Phi) is 9.25. The van der Waals surface area contributed by atoms with Crippen LogP contribution in [0.25, 0.3) is 0 Å². The van der Waals surface area contributed by atoms with Gasteiger partial charge in [0.1, 0.15) is 5.75 Å². The highest BCUT2D eigenvalue weighted by Gasteiger charge is 2.35. The van der Waals surface area contributed by atoms with E-state index in [2.05, 4.69) is 16.1 Å². The van der Waals surface area contributed by atoms with Crippen LogP contribution in [-0.4, -0.2) is 29.9 Å². The standard InChI is InChI=1S/C29H26ClF3N2O4/c1-18(25(16-19-7-11-23(30)12-8-19)22-6-4-5-20(15-22)17-34)35-27(37)28(2,3)39-26(36)21-9-13-24(14-10-21)38-29(31,32)33/h4-15,18,25H,16H2,1-3H3,(H,35,37). The van der Waals surface area contributed by atoms with E-state index in [1.807, 2.05) is 25.1 Å². The predicted molar refractivity (Wildman–Crippen MR) is 139 cm³/mol. The predicted octanol–water partition coefficient (Wildman–Crippen LogP) is 6.58. The third-order valence-electron chi connectivity index (χ3n) is 5.99. The van der Waals surface area contributed by atoms with Gasteiger partial charge in [-0.2, -0.15) is 5.26 Å². The van der Waals surface area contributed by atoms with Gasteiger partial charge in [-0.25, -0.2) is 4.79 Å². The van der Waals surface area contributed by atoms with Gasteiger partial charge in [0.2, 0.25) is 0 Å². The molecule has 0 aromatic heterocycles. The van der Waals surface area contributed by atoms with Crippen LogP contribution in [0.1, 0.15) is 53.7 Å². The third-order valence-corrected chi connectivity index (χ3v) is 6.25. The molecular weight excluding hydrogens is 533 g/mol. The van der Waals surface area contributed by atoms with E-state index in [0.717, 1.165) is 35.4 Å². The molecule has 0 aliphatic rings. The molecule has 0 saturated heterocycles. The van der Waals surface area contributed by atoms with E-state index in [-0.39, 0.29) is 11.5 Å². The lowest BCUT2D eigenvalue weighted by Gasteiger charge is -2.30. The van der Waals surface area contributed by atoms with Crippen molar-refractivity contribution in [2.45, 2.75) is 51.1 Å². The number of benzene rings is 3. The minimum absolute atomic E-state index is 0.0487. The average molecular weight is 559 g/mol. The highest BCUT2D eigenvalue weighted by Crippen LogP contribution is 2.28. The molecule has 3 rings (SSSR count). The second kappa shape index (κ2) is 12.2. The molecule has 0 spiro atoms. The first kappa shape index (κ1) is 29.5. The number of nitrogens with zero attached hydrogens (tertiary/aromatic N) is 1. The maximum absolute atomic E-state index is 13.2. The van der Waals surface area contributed by atoms with Crippen molar-refractivity contribution in [3.05, 3.63) is 100 Å². The number of carbonyl (C=O) groups is 2. The van der Waals surface area contributed by atoms with Gasteiger partial charge in [-0.3, -0.25) is 4.79 Å². The van der Waals surface area contributed by atoms with E-state index in [0.29, 0.717) is 17.0 Å². The van der Waals surface area contributed by atoms with Crippen molar-refractivity contribution in [3.8, 4) is 11.8 Å². The van der Waals surface area contributed by atoms with Gasteiger partial charge in [0, 0.05) is 17.0 Å². The number of nitriles is 1. The Hall–Kier alpha value is -4.03. The van der Waals surface area contributed by atoms with E-state index < -0.39 is 35.6 Å². The second-order valence-electron chi connectivity index (χ2n) is 9.41. The first-order valence-electron chi connectivity index (χ1n) is 11.9. The molecule has 0 bridgehead atoms. The molecule has 204 valence electrons. The minimum Gasteiger partial charge on any atom is -0.446 e. The van der Waals surface area contributed by atoms with Crippen molar-refractivity contribution in [1.82, 2.24) is 5.32 Å². The smallest absolute Gasteiger partial charge is 0.446 e.